The maximum atomic E-state index is 13.0. The zero-order valence-electron chi connectivity index (χ0n) is 19.4. The van der Waals surface area contributed by atoms with Crippen molar-refractivity contribution >= 4 is 29.4 Å². The van der Waals surface area contributed by atoms with Crippen molar-refractivity contribution in [3.05, 3.63) is 53.7 Å². The lowest BCUT2D eigenvalue weighted by Gasteiger charge is -2.21. The van der Waals surface area contributed by atoms with Crippen molar-refractivity contribution in [2.45, 2.75) is 32.2 Å². The molecule has 0 saturated heterocycles. The van der Waals surface area contributed by atoms with E-state index in [0.717, 1.165) is 24.1 Å². The number of ether oxygens (including phenoxy) is 2. The summed E-state index contributed by atoms with van der Waals surface area (Å²) in [4.78, 5) is 31.6. The molecular formula is C25H27ClN4O4. The molecule has 1 N–H and O–H groups in total. The number of benzene rings is 2. The molecule has 1 fully saturated rings. The maximum absolute atomic E-state index is 13.0. The molecule has 0 bridgehead atoms. The molecule has 1 aromatic heterocycles. The lowest BCUT2D eigenvalue weighted by atomic mass is 10.2. The van der Waals surface area contributed by atoms with Gasteiger partial charge in [0.05, 0.1) is 25.6 Å². The highest BCUT2D eigenvalue weighted by molar-refractivity contribution is 6.30. The normalized spacial score (nSPS) is 12.8. The lowest BCUT2D eigenvalue weighted by Crippen LogP contribution is -2.39. The Morgan fingerprint density at radius 1 is 1.12 bits per heavy atom. The van der Waals surface area contributed by atoms with Crippen molar-refractivity contribution in [3.8, 4) is 28.4 Å². The minimum atomic E-state index is -0.302. The van der Waals surface area contributed by atoms with Gasteiger partial charge in [-0.05, 0) is 37.1 Å². The molecule has 34 heavy (non-hydrogen) atoms. The van der Waals surface area contributed by atoms with Gasteiger partial charge >= 0.3 is 0 Å². The van der Waals surface area contributed by atoms with Gasteiger partial charge in [0, 0.05) is 35.3 Å². The van der Waals surface area contributed by atoms with Gasteiger partial charge in [-0.25, -0.2) is 4.98 Å². The Balaban J connectivity index is 1.68. The molecule has 0 unspecified atom stereocenters. The van der Waals surface area contributed by atoms with Gasteiger partial charge < -0.3 is 14.4 Å². The summed E-state index contributed by atoms with van der Waals surface area (Å²) in [7, 11) is 3.14. The third-order valence-corrected chi connectivity index (χ3v) is 5.92. The summed E-state index contributed by atoms with van der Waals surface area (Å²) >= 11 is 6.04. The summed E-state index contributed by atoms with van der Waals surface area (Å²) in [6.07, 6.45) is 4.06. The number of hydrogen-bond donors (Lipinski definition) is 1. The van der Waals surface area contributed by atoms with Crippen LogP contribution in [0.5, 0.6) is 11.5 Å². The summed E-state index contributed by atoms with van der Waals surface area (Å²) in [5.74, 6) is 1.15. The molecule has 0 atom stereocenters. The lowest BCUT2D eigenvalue weighted by molar-refractivity contribution is -0.135. The third-order valence-electron chi connectivity index (χ3n) is 5.67. The van der Waals surface area contributed by atoms with Crippen molar-refractivity contribution < 1.29 is 19.1 Å². The molecule has 1 aliphatic carbocycles. The number of amides is 2. The Morgan fingerprint density at radius 2 is 1.82 bits per heavy atom. The molecule has 178 valence electrons. The number of methoxy groups -OCH3 is 2. The first-order valence-corrected chi connectivity index (χ1v) is 11.5. The molecule has 0 aliphatic heterocycles. The number of aromatic nitrogens is 2. The average Bonchev–Trinajstić information content (AvgIpc) is 3.61. The molecule has 4 rings (SSSR count). The Labute approximate surface area is 203 Å². The van der Waals surface area contributed by atoms with Crippen LogP contribution in [-0.2, 0) is 9.59 Å². The summed E-state index contributed by atoms with van der Waals surface area (Å²) in [5, 5.41) is 3.51. The van der Waals surface area contributed by atoms with Gasteiger partial charge in [-0.2, -0.15) is 0 Å². The molecule has 9 heteroatoms. The van der Waals surface area contributed by atoms with Gasteiger partial charge in [0.2, 0.25) is 17.8 Å². The van der Waals surface area contributed by atoms with Crippen LogP contribution in [0, 0.1) is 0 Å². The maximum Gasteiger partial charge on any atom is 0.246 e. The van der Waals surface area contributed by atoms with E-state index in [9.17, 15) is 9.59 Å². The zero-order valence-corrected chi connectivity index (χ0v) is 20.1. The first-order chi connectivity index (χ1) is 16.4. The Morgan fingerprint density at radius 3 is 2.44 bits per heavy atom. The second kappa shape index (κ2) is 10.2. The molecule has 0 radical (unpaired) electrons. The third kappa shape index (κ3) is 5.17. The largest absolute Gasteiger partial charge is 0.493 e. The highest BCUT2D eigenvalue weighted by Gasteiger charge is 2.33. The number of hydrogen-bond acceptors (Lipinski definition) is 5. The number of halogens is 1. The van der Waals surface area contributed by atoms with E-state index in [2.05, 4.69) is 10.3 Å². The van der Waals surface area contributed by atoms with Gasteiger partial charge in [-0.1, -0.05) is 30.7 Å². The van der Waals surface area contributed by atoms with Crippen LogP contribution < -0.4 is 14.8 Å². The fourth-order valence-corrected chi connectivity index (χ4v) is 3.85. The highest BCUT2D eigenvalue weighted by atomic mass is 35.5. The van der Waals surface area contributed by atoms with Crippen LogP contribution in [0.2, 0.25) is 5.02 Å². The van der Waals surface area contributed by atoms with Gasteiger partial charge in [0.15, 0.2) is 11.5 Å². The van der Waals surface area contributed by atoms with Crippen molar-refractivity contribution in [3.63, 3.8) is 0 Å². The van der Waals surface area contributed by atoms with Crippen molar-refractivity contribution in [1.82, 2.24) is 14.5 Å². The molecule has 2 amide bonds. The van der Waals surface area contributed by atoms with Crippen LogP contribution in [0.4, 0.5) is 5.95 Å². The topological polar surface area (TPSA) is 85.7 Å². The summed E-state index contributed by atoms with van der Waals surface area (Å²) in [6.45, 7) is 1.80. The van der Waals surface area contributed by atoms with E-state index in [1.54, 1.807) is 54.9 Å². The number of imidazole rings is 1. The van der Waals surface area contributed by atoms with E-state index in [4.69, 9.17) is 21.1 Å². The first-order valence-electron chi connectivity index (χ1n) is 11.1. The highest BCUT2D eigenvalue weighted by Crippen LogP contribution is 2.32. The number of carbonyl (C=O) groups is 2. The minimum Gasteiger partial charge on any atom is -0.493 e. The first kappa shape index (κ1) is 23.6. The molecule has 0 spiro atoms. The van der Waals surface area contributed by atoms with E-state index < -0.39 is 0 Å². The SMILES string of the molecule is CCC(=O)N(CC(=O)Nc1nc(-c2ccc(Cl)cc2)cn1-c1ccc(OC)c(OC)c1)C1CC1. The molecule has 3 aromatic rings. The standard InChI is InChI=1S/C25H27ClN4O4/c1-4-24(32)29(18-9-10-18)15-23(31)28-25-27-20(16-5-7-17(26)8-6-16)14-30(25)19-11-12-21(33-2)22(13-19)34-3/h5-8,11-14,18H,4,9-10,15H2,1-3H3,(H,27,28,31). The molecule has 1 aliphatic rings. The number of nitrogens with one attached hydrogen (secondary N) is 1. The molecule has 8 nitrogen and oxygen atoms in total. The molecule has 1 saturated carbocycles. The van der Waals surface area contributed by atoms with E-state index in [-0.39, 0.29) is 24.4 Å². The summed E-state index contributed by atoms with van der Waals surface area (Å²) in [5.41, 5.74) is 2.23. The predicted molar refractivity (Wildman–Crippen MR) is 131 cm³/mol. The van der Waals surface area contributed by atoms with Crippen molar-refractivity contribution in [2.75, 3.05) is 26.1 Å². The van der Waals surface area contributed by atoms with Gasteiger partial charge in [-0.15, -0.1) is 0 Å². The van der Waals surface area contributed by atoms with E-state index >= 15 is 0 Å². The van der Waals surface area contributed by atoms with E-state index in [0.29, 0.717) is 34.6 Å². The van der Waals surface area contributed by atoms with Crippen LogP contribution in [0.25, 0.3) is 16.9 Å². The summed E-state index contributed by atoms with van der Waals surface area (Å²) in [6, 6.07) is 12.9. The van der Waals surface area contributed by atoms with Crippen LogP contribution >= 0.6 is 11.6 Å². The summed E-state index contributed by atoms with van der Waals surface area (Å²) < 4.78 is 12.6. The monoisotopic (exact) mass is 482 g/mol. The Hall–Kier alpha value is -3.52. The molecule has 2 aromatic carbocycles. The average molecular weight is 483 g/mol. The molecular weight excluding hydrogens is 456 g/mol. The van der Waals surface area contributed by atoms with Crippen LogP contribution in [0.3, 0.4) is 0 Å². The van der Waals surface area contributed by atoms with E-state index in [1.165, 1.54) is 0 Å². The van der Waals surface area contributed by atoms with E-state index in [1.807, 2.05) is 24.4 Å². The van der Waals surface area contributed by atoms with Crippen LogP contribution in [0.15, 0.2) is 48.7 Å². The van der Waals surface area contributed by atoms with Gasteiger partial charge in [0.1, 0.15) is 6.54 Å². The van der Waals surface area contributed by atoms with Crippen LogP contribution in [0.1, 0.15) is 26.2 Å². The van der Waals surface area contributed by atoms with Gasteiger partial charge in [-0.3, -0.25) is 19.5 Å². The second-order valence-corrected chi connectivity index (χ2v) is 8.46. The quantitative estimate of drug-likeness (QED) is 0.483. The minimum absolute atomic E-state index is 0.00753. The second-order valence-electron chi connectivity index (χ2n) is 8.02. The van der Waals surface area contributed by atoms with Gasteiger partial charge in [0.25, 0.3) is 0 Å². The molecule has 1 heterocycles. The van der Waals surface area contributed by atoms with Crippen molar-refractivity contribution in [1.29, 1.82) is 0 Å². The zero-order chi connectivity index (χ0) is 24.2. The Kier molecular flexibility index (Phi) is 7.07. The Bertz CT molecular complexity index is 1190. The van der Waals surface area contributed by atoms with Crippen molar-refractivity contribution in [2.24, 2.45) is 0 Å². The number of nitrogens with zero attached hydrogens (tertiary/aromatic N) is 3. The smallest absolute Gasteiger partial charge is 0.246 e. The number of anilines is 1. The fraction of sp³-hybridized carbons (Fsp3) is 0.320. The number of carbonyl (C=O) groups excluding carboxylic acids is 2. The predicted octanol–water partition coefficient (Wildman–Crippen LogP) is 4.55. The number of rotatable bonds is 9. The van der Waals surface area contributed by atoms with Crippen LogP contribution in [-0.4, -0.2) is 53.1 Å². The fourth-order valence-electron chi connectivity index (χ4n) is 3.73.